The minimum absolute atomic E-state index is 0.230. The first-order chi connectivity index (χ1) is 16.6. The Morgan fingerprint density at radius 3 is 1.28 bits per heavy atom. The predicted molar refractivity (Wildman–Crippen MR) is 161 cm³/mol. The normalized spacial score (nSPS) is 25.7. The molecule has 2 nitrogen and oxygen atoms in total. The fourth-order valence-corrected chi connectivity index (χ4v) is 8.32. The molecule has 0 amide bonds. The minimum atomic E-state index is -1.81. The van der Waals surface area contributed by atoms with E-state index in [1.807, 2.05) is 0 Å². The largest absolute Gasteiger partial charge is 0.407 e. The van der Waals surface area contributed by atoms with Gasteiger partial charge in [0.05, 0.1) is 12.2 Å². The van der Waals surface area contributed by atoms with Gasteiger partial charge in [-0.3, -0.25) is 0 Å². The summed E-state index contributed by atoms with van der Waals surface area (Å²) in [7, 11) is -3.61. The third-order valence-corrected chi connectivity index (χ3v) is 19.2. The van der Waals surface area contributed by atoms with Crippen LogP contribution in [0.5, 0.6) is 0 Å². The summed E-state index contributed by atoms with van der Waals surface area (Å²) in [5.41, 5.74) is 9.77. The van der Waals surface area contributed by atoms with E-state index < -0.39 is 16.6 Å². The maximum atomic E-state index is 6.99. The highest BCUT2D eigenvalue weighted by Crippen LogP contribution is 2.47. The van der Waals surface area contributed by atoms with Crippen LogP contribution in [0.4, 0.5) is 0 Å². The fraction of sp³-hybridized carbons (Fsp3) is 0.750. The molecule has 202 valence electrons. The second-order valence-corrected chi connectivity index (χ2v) is 24.4. The van der Waals surface area contributed by atoms with E-state index in [-0.39, 0.29) is 22.3 Å². The Morgan fingerprint density at radius 2 is 0.944 bits per heavy atom. The Kier molecular flexibility index (Phi) is 7.97. The van der Waals surface area contributed by atoms with E-state index in [9.17, 15) is 0 Å². The Labute approximate surface area is 225 Å². The van der Waals surface area contributed by atoms with Crippen molar-refractivity contribution in [1.82, 2.24) is 0 Å². The second kappa shape index (κ2) is 10.1. The summed E-state index contributed by atoms with van der Waals surface area (Å²) in [6.07, 6.45) is 18.1. The molecule has 0 bridgehead atoms. The van der Waals surface area contributed by atoms with Crippen LogP contribution in [-0.2, 0) is 8.85 Å². The molecule has 0 aromatic heterocycles. The molecular weight excluding hydrogens is 473 g/mol. The van der Waals surface area contributed by atoms with Crippen LogP contribution < -0.4 is 0 Å². The molecule has 0 aromatic rings. The smallest absolute Gasteiger partial charge is 0.193 e. The molecule has 0 spiro atoms. The summed E-state index contributed by atoms with van der Waals surface area (Å²) >= 11 is 0. The molecule has 0 aliphatic heterocycles. The molecule has 0 fully saturated rings. The highest BCUT2D eigenvalue weighted by atomic mass is 28.4. The van der Waals surface area contributed by atoms with Crippen LogP contribution in [0.2, 0.25) is 36.3 Å². The average Bonchev–Trinajstić information content (AvgIpc) is 3.28. The van der Waals surface area contributed by atoms with Gasteiger partial charge >= 0.3 is 0 Å². The van der Waals surface area contributed by atoms with Gasteiger partial charge in [0.15, 0.2) is 16.6 Å². The van der Waals surface area contributed by atoms with Crippen molar-refractivity contribution in [2.75, 3.05) is 0 Å². The van der Waals surface area contributed by atoms with E-state index in [0.717, 1.165) is 12.8 Å². The topological polar surface area (TPSA) is 18.5 Å². The van der Waals surface area contributed by atoms with E-state index >= 15 is 0 Å². The summed E-state index contributed by atoms with van der Waals surface area (Å²) in [6.45, 7) is 23.8. The molecule has 4 rings (SSSR count). The quantitative estimate of drug-likeness (QED) is 0.307. The van der Waals surface area contributed by atoms with Crippen molar-refractivity contribution in [2.24, 2.45) is 0 Å². The highest BCUT2D eigenvalue weighted by Gasteiger charge is 2.43. The van der Waals surface area contributed by atoms with Crippen LogP contribution >= 0.6 is 0 Å². The molecule has 0 aromatic carbocycles. The van der Waals surface area contributed by atoms with Gasteiger partial charge in [-0.15, -0.1) is 0 Å². The third-order valence-electron chi connectivity index (χ3n) is 10.3. The van der Waals surface area contributed by atoms with Gasteiger partial charge in [0.25, 0.3) is 0 Å². The van der Waals surface area contributed by atoms with Crippen LogP contribution in [0.1, 0.15) is 106 Å². The molecule has 0 saturated carbocycles. The lowest BCUT2D eigenvalue weighted by atomic mass is 9.86. The Bertz CT molecular complexity index is 899. The fourth-order valence-electron chi connectivity index (χ4n) is 5.92. The van der Waals surface area contributed by atoms with Gasteiger partial charge in [0.2, 0.25) is 0 Å². The van der Waals surface area contributed by atoms with Crippen LogP contribution in [0.15, 0.2) is 45.6 Å². The number of hydrogen-bond donors (Lipinski definition) is 0. The second-order valence-electron chi connectivity index (χ2n) is 14.9. The monoisotopic (exact) mass is 526 g/mol. The molecule has 0 saturated heterocycles. The van der Waals surface area contributed by atoms with Crippen molar-refractivity contribution < 1.29 is 8.85 Å². The maximum absolute atomic E-state index is 6.99. The van der Waals surface area contributed by atoms with E-state index in [2.05, 4.69) is 79.9 Å². The summed E-state index contributed by atoms with van der Waals surface area (Å²) in [5, 5.41) is 0.493. The summed E-state index contributed by atoms with van der Waals surface area (Å²) in [4.78, 5) is 0. The van der Waals surface area contributed by atoms with Gasteiger partial charge in [-0.25, -0.2) is 0 Å². The number of hydrogen-bond acceptors (Lipinski definition) is 2. The van der Waals surface area contributed by atoms with Crippen molar-refractivity contribution in [3.8, 4) is 0 Å². The summed E-state index contributed by atoms with van der Waals surface area (Å²) < 4.78 is 14.0. The van der Waals surface area contributed by atoms with E-state index in [4.69, 9.17) is 8.85 Å². The van der Waals surface area contributed by atoms with Gasteiger partial charge in [-0.2, -0.15) is 0 Å². The lowest BCUT2D eigenvalue weighted by molar-refractivity contribution is 0.252. The van der Waals surface area contributed by atoms with Gasteiger partial charge in [-0.1, -0.05) is 41.5 Å². The van der Waals surface area contributed by atoms with E-state index in [1.54, 1.807) is 33.4 Å². The lowest BCUT2D eigenvalue weighted by Gasteiger charge is -2.39. The standard InChI is InChI=1S/C32H54O2Si2/c1-31(2,3)35(7,8)33-29-21-23(25-15-11-13-17-27(25)29)19-20-24-22-30(28-18-14-12-16-26(24)28)34-36(9,10)32(4,5)6/h21-22,29-30H,11-20H2,1-10H3. The molecule has 36 heavy (non-hydrogen) atoms. The Morgan fingerprint density at radius 1 is 0.611 bits per heavy atom. The predicted octanol–water partition coefficient (Wildman–Crippen LogP) is 10.2. The molecule has 2 unspecified atom stereocenters. The maximum Gasteiger partial charge on any atom is 0.193 e. The van der Waals surface area contributed by atoms with Crippen LogP contribution in [0.25, 0.3) is 0 Å². The molecule has 4 aliphatic rings. The highest BCUT2D eigenvalue weighted by molar-refractivity contribution is 6.74. The van der Waals surface area contributed by atoms with E-state index in [0.29, 0.717) is 0 Å². The lowest BCUT2D eigenvalue weighted by Crippen LogP contribution is -2.43. The number of allylic oxidation sites excluding steroid dienone is 4. The summed E-state index contributed by atoms with van der Waals surface area (Å²) in [6, 6.07) is 0. The molecule has 4 aliphatic carbocycles. The summed E-state index contributed by atoms with van der Waals surface area (Å²) in [5.74, 6) is 0. The van der Waals surface area contributed by atoms with Crippen molar-refractivity contribution in [3.63, 3.8) is 0 Å². The zero-order chi connectivity index (χ0) is 26.5. The minimum Gasteiger partial charge on any atom is -0.407 e. The van der Waals surface area contributed by atoms with Gasteiger partial charge in [0, 0.05) is 0 Å². The molecule has 0 heterocycles. The van der Waals surface area contributed by atoms with E-state index in [1.165, 1.54) is 51.4 Å². The molecule has 0 radical (unpaired) electrons. The Hall–Kier alpha value is -0.686. The first-order valence-corrected chi connectivity index (χ1v) is 20.6. The first kappa shape index (κ1) is 28.3. The molecule has 2 atom stereocenters. The molecule has 4 heteroatoms. The van der Waals surface area contributed by atoms with Gasteiger partial charge in [0.1, 0.15) is 0 Å². The average molecular weight is 527 g/mol. The zero-order valence-electron chi connectivity index (χ0n) is 25.2. The molecule has 0 N–H and O–H groups in total. The van der Waals surface area contributed by atoms with Crippen molar-refractivity contribution in [1.29, 1.82) is 0 Å². The van der Waals surface area contributed by atoms with Crippen molar-refractivity contribution in [3.05, 3.63) is 45.6 Å². The van der Waals surface area contributed by atoms with Crippen molar-refractivity contribution in [2.45, 2.75) is 154 Å². The van der Waals surface area contributed by atoms with Crippen LogP contribution in [0, 0.1) is 0 Å². The molecular formula is C32H54O2Si2. The van der Waals surface area contributed by atoms with Crippen molar-refractivity contribution >= 4 is 16.6 Å². The van der Waals surface area contributed by atoms with Crippen LogP contribution in [-0.4, -0.2) is 28.8 Å². The zero-order valence-corrected chi connectivity index (χ0v) is 27.2. The van der Waals surface area contributed by atoms with Gasteiger partial charge in [-0.05, 0) is 146 Å². The number of rotatable bonds is 7. The Balaban J connectivity index is 1.53. The van der Waals surface area contributed by atoms with Gasteiger partial charge < -0.3 is 8.85 Å². The SMILES string of the molecule is CC(C)(C)[Si](C)(C)OC1C=C(CCC2=CC(O[Si](C)(C)C(C)(C)C)C3=C2CCCC3)C2=C1CCCC2. The van der Waals surface area contributed by atoms with Crippen LogP contribution in [0.3, 0.4) is 0 Å². The third kappa shape index (κ3) is 5.67. The first-order valence-electron chi connectivity index (χ1n) is 14.8.